The molecule has 21 heavy (non-hydrogen) atoms. The lowest BCUT2D eigenvalue weighted by Gasteiger charge is -2.20. The summed E-state index contributed by atoms with van der Waals surface area (Å²) in [5.74, 6) is -4.97. The Morgan fingerprint density at radius 3 is 2.10 bits per heavy atom. The Balaban J connectivity index is 3.45. The van der Waals surface area contributed by atoms with Crippen LogP contribution in [-0.2, 0) is 10.0 Å². The van der Waals surface area contributed by atoms with Gasteiger partial charge in [-0.25, -0.2) is 22.0 Å². The fourth-order valence-electron chi connectivity index (χ4n) is 1.59. The zero-order valence-corrected chi connectivity index (χ0v) is 11.5. The summed E-state index contributed by atoms with van der Waals surface area (Å²) in [4.78, 5) is 9.62. The molecule has 1 aromatic rings. The molecule has 1 aromatic carbocycles. The predicted molar refractivity (Wildman–Crippen MR) is 66.2 cm³/mol. The van der Waals surface area contributed by atoms with Gasteiger partial charge in [-0.1, -0.05) is 0 Å². The Kier molecular flexibility index (Phi) is 5.72. The topological polar surface area (TPSA) is 115 Å². The summed E-state index contributed by atoms with van der Waals surface area (Å²) in [6, 6.07) is 0.844. The number of hydrogen-bond acceptors (Lipinski definition) is 5. The molecule has 0 saturated heterocycles. The van der Waals surface area contributed by atoms with Crippen LogP contribution < -0.4 is 0 Å². The number of halogens is 2. The van der Waals surface area contributed by atoms with Crippen LogP contribution in [0.15, 0.2) is 17.0 Å². The molecule has 10 heteroatoms. The number of hydrogen-bond donors (Lipinski definition) is 3. The Morgan fingerprint density at radius 2 is 1.67 bits per heavy atom. The summed E-state index contributed by atoms with van der Waals surface area (Å²) >= 11 is 0. The number of rotatable bonds is 7. The van der Waals surface area contributed by atoms with E-state index in [1.807, 2.05) is 0 Å². The molecule has 0 amide bonds. The zero-order valence-electron chi connectivity index (χ0n) is 10.7. The van der Waals surface area contributed by atoms with Crippen LogP contribution in [0.25, 0.3) is 0 Å². The van der Waals surface area contributed by atoms with Gasteiger partial charge >= 0.3 is 5.97 Å². The summed E-state index contributed by atoms with van der Waals surface area (Å²) in [7, 11) is -4.60. The maximum absolute atomic E-state index is 13.7. The van der Waals surface area contributed by atoms with Gasteiger partial charge in [0.1, 0.15) is 4.90 Å². The van der Waals surface area contributed by atoms with Crippen molar-refractivity contribution in [2.24, 2.45) is 0 Å². The number of sulfonamides is 1. The lowest BCUT2D eigenvalue weighted by Crippen LogP contribution is -2.36. The number of aliphatic hydroxyl groups is 2. The number of carbonyl (C=O) groups is 1. The van der Waals surface area contributed by atoms with Gasteiger partial charge in [-0.2, -0.15) is 4.31 Å². The number of benzene rings is 1. The van der Waals surface area contributed by atoms with Crippen molar-refractivity contribution in [2.45, 2.75) is 4.90 Å². The molecule has 0 saturated carbocycles. The molecule has 0 radical (unpaired) electrons. The van der Waals surface area contributed by atoms with Crippen LogP contribution in [0.1, 0.15) is 10.4 Å². The van der Waals surface area contributed by atoms with Crippen molar-refractivity contribution in [1.82, 2.24) is 4.31 Å². The Morgan fingerprint density at radius 1 is 1.14 bits per heavy atom. The number of carboxylic acid groups (broad SMARTS) is 1. The number of nitrogens with zero attached hydrogens (tertiary/aromatic N) is 1. The molecule has 0 aliphatic carbocycles. The van der Waals surface area contributed by atoms with E-state index in [4.69, 9.17) is 15.3 Å². The van der Waals surface area contributed by atoms with Crippen molar-refractivity contribution < 1.29 is 37.3 Å². The monoisotopic (exact) mass is 325 g/mol. The van der Waals surface area contributed by atoms with Crippen LogP contribution in [-0.4, -0.2) is 60.3 Å². The van der Waals surface area contributed by atoms with Gasteiger partial charge in [0.2, 0.25) is 10.0 Å². The quantitative estimate of drug-likeness (QED) is 0.630. The van der Waals surface area contributed by atoms with Gasteiger partial charge in [0.25, 0.3) is 0 Å². The minimum Gasteiger partial charge on any atom is -0.478 e. The first-order valence-corrected chi connectivity index (χ1v) is 7.14. The molecule has 0 bridgehead atoms. The first-order valence-electron chi connectivity index (χ1n) is 5.70. The molecule has 3 N–H and O–H groups in total. The van der Waals surface area contributed by atoms with Gasteiger partial charge in [0.15, 0.2) is 11.6 Å². The molecule has 0 unspecified atom stereocenters. The highest BCUT2D eigenvalue weighted by Gasteiger charge is 2.30. The normalized spacial score (nSPS) is 11.9. The molecule has 1 rings (SSSR count). The zero-order chi connectivity index (χ0) is 16.2. The third-order valence-electron chi connectivity index (χ3n) is 2.56. The predicted octanol–water partition coefficient (Wildman–Crippen LogP) is -0.362. The van der Waals surface area contributed by atoms with Crippen molar-refractivity contribution in [3.8, 4) is 0 Å². The molecule has 118 valence electrons. The highest BCUT2D eigenvalue weighted by atomic mass is 32.2. The summed E-state index contributed by atoms with van der Waals surface area (Å²) in [6.07, 6.45) is 0. The highest BCUT2D eigenvalue weighted by Crippen LogP contribution is 2.23. The molecule has 0 spiro atoms. The van der Waals surface area contributed by atoms with E-state index in [1.165, 1.54) is 0 Å². The van der Waals surface area contributed by atoms with Crippen LogP contribution in [0, 0.1) is 11.6 Å². The molecule has 0 atom stereocenters. The summed E-state index contributed by atoms with van der Waals surface area (Å²) in [6.45, 7) is -2.13. The number of aromatic carboxylic acids is 1. The van der Waals surface area contributed by atoms with Crippen molar-refractivity contribution in [3.05, 3.63) is 29.3 Å². The molecular formula is C11H13F2NO6S. The molecule has 7 nitrogen and oxygen atoms in total. The lowest BCUT2D eigenvalue weighted by atomic mass is 10.2. The third-order valence-corrected chi connectivity index (χ3v) is 4.46. The van der Waals surface area contributed by atoms with Crippen molar-refractivity contribution in [1.29, 1.82) is 0 Å². The molecule has 0 heterocycles. The molecule has 0 aliphatic rings. The smallest absolute Gasteiger partial charge is 0.335 e. The summed E-state index contributed by atoms with van der Waals surface area (Å²) in [5, 5.41) is 26.3. The second-order valence-electron chi connectivity index (χ2n) is 3.93. The van der Waals surface area contributed by atoms with Crippen LogP contribution in [0.5, 0.6) is 0 Å². The second-order valence-corrected chi connectivity index (χ2v) is 5.83. The lowest BCUT2D eigenvalue weighted by molar-refractivity contribution is 0.0695. The maximum atomic E-state index is 13.7. The Bertz CT molecular complexity index is 628. The van der Waals surface area contributed by atoms with E-state index in [0.717, 1.165) is 0 Å². The fourth-order valence-corrected chi connectivity index (χ4v) is 3.11. The minimum absolute atomic E-state index is 0.360. The molecule has 0 fully saturated rings. The van der Waals surface area contributed by atoms with Gasteiger partial charge in [-0.05, 0) is 12.1 Å². The van der Waals surface area contributed by atoms with Crippen LogP contribution >= 0.6 is 0 Å². The van der Waals surface area contributed by atoms with Gasteiger partial charge in [-0.3, -0.25) is 0 Å². The summed E-state index contributed by atoms with van der Waals surface area (Å²) < 4.78 is 51.9. The Labute approximate surface area is 119 Å². The van der Waals surface area contributed by atoms with Gasteiger partial charge in [0.05, 0.1) is 18.8 Å². The van der Waals surface area contributed by atoms with E-state index in [2.05, 4.69) is 0 Å². The number of carboxylic acids is 1. The average Bonchev–Trinajstić information content (AvgIpc) is 2.40. The van der Waals surface area contributed by atoms with E-state index >= 15 is 0 Å². The van der Waals surface area contributed by atoms with Crippen molar-refractivity contribution in [3.63, 3.8) is 0 Å². The van der Waals surface area contributed by atoms with E-state index in [0.29, 0.717) is 16.4 Å². The highest BCUT2D eigenvalue weighted by molar-refractivity contribution is 7.89. The minimum atomic E-state index is -4.60. The van der Waals surface area contributed by atoms with Gasteiger partial charge < -0.3 is 15.3 Å². The first-order chi connectivity index (χ1) is 9.75. The van der Waals surface area contributed by atoms with Gasteiger partial charge in [0, 0.05) is 13.1 Å². The Hall–Kier alpha value is -1.62. The third kappa shape index (κ3) is 3.73. The van der Waals surface area contributed by atoms with Crippen LogP contribution in [0.2, 0.25) is 0 Å². The van der Waals surface area contributed by atoms with E-state index in [1.54, 1.807) is 0 Å². The van der Waals surface area contributed by atoms with E-state index < -0.39 is 64.4 Å². The maximum Gasteiger partial charge on any atom is 0.335 e. The standard InChI is InChI=1S/C11H13F2NO6S/c12-8-5-7(11(17)18)6-9(10(8)13)21(19,20)14(1-3-15)2-4-16/h5-6,15-16H,1-4H2,(H,17,18). The molecule has 0 aromatic heterocycles. The largest absolute Gasteiger partial charge is 0.478 e. The SMILES string of the molecule is O=C(O)c1cc(F)c(F)c(S(=O)(=O)N(CCO)CCO)c1. The number of aliphatic hydroxyl groups excluding tert-OH is 2. The summed E-state index contributed by atoms with van der Waals surface area (Å²) in [5.41, 5.74) is -0.736. The van der Waals surface area contributed by atoms with Gasteiger partial charge in [-0.15, -0.1) is 0 Å². The first kappa shape index (κ1) is 17.4. The fraction of sp³-hybridized carbons (Fsp3) is 0.364. The van der Waals surface area contributed by atoms with Crippen LogP contribution in [0.3, 0.4) is 0 Å². The van der Waals surface area contributed by atoms with Crippen molar-refractivity contribution in [2.75, 3.05) is 26.3 Å². The molecule has 0 aliphatic heterocycles. The average molecular weight is 325 g/mol. The van der Waals surface area contributed by atoms with Crippen LogP contribution in [0.4, 0.5) is 8.78 Å². The van der Waals surface area contributed by atoms with Crippen molar-refractivity contribution >= 4 is 16.0 Å². The second kappa shape index (κ2) is 6.89. The molecular weight excluding hydrogens is 312 g/mol. The van der Waals surface area contributed by atoms with E-state index in [9.17, 15) is 22.0 Å². The van der Waals surface area contributed by atoms with E-state index in [-0.39, 0.29) is 0 Å².